The summed E-state index contributed by atoms with van der Waals surface area (Å²) in [7, 11) is 0. The molecule has 6 rings (SSSR count). The first-order valence-corrected chi connectivity index (χ1v) is 14.3. The van der Waals surface area contributed by atoms with Crippen LogP contribution in [0, 0.1) is 5.92 Å². The highest BCUT2D eigenvalue weighted by molar-refractivity contribution is 6.04. The van der Waals surface area contributed by atoms with Crippen molar-refractivity contribution in [3.05, 3.63) is 118 Å². The van der Waals surface area contributed by atoms with E-state index in [0.717, 1.165) is 43.1 Å². The lowest BCUT2D eigenvalue weighted by molar-refractivity contribution is -0.114. The third kappa shape index (κ3) is 5.63. The Morgan fingerprint density at radius 1 is 1.10 bits per heavy atom. The van der Waals surface area contributed by atoms with Crippen molar-refractivity contribution < 1.29 is 9.59 Å². The highest BCUT2D eigenvalue weighted by Crippen LogP contribution is 2.33. The third-order valence-electron chi connectivity index (χ3n) is 8.46. The second kappa shape index (κ2) is 11.2. The van der Waals surface area contributed by atoms with Gasteiger partial charge in [-0.3, -0.25) is 19.2 Å². The van der Waals surface area contributed by atoms with Gasteiger partial charge in [0.2, 0.25) is 0 Å². The Morgan fingerprint density at radius 2 is 1.90 bits per heavy atom. The van der Waals surface area contributed by atoms with Crippen molar-refractivity contribution in [1.29, 1.82) is 0 Å². The number of rotatable bonds is 7. The monoisotopic (exact) mass is 532 g/mol. The molecule has 1 aliphatic heterocycles. The Kier molecular flexibility index (Phi) is 7.35. The number of allylic oxidation sites excluding steroid dienone is 4. The fraction of sp³-hybridized carbons (Fsp3) is 0.324. The van der Waals surface area contributed by atoms with Crippen molar-refractivity contribution in [3.63, 3.8) is 0 Å². The SMILES string of the molecule is CC1CCN(Cc2ccc3c(c2)C=C(C2=CC(NC(=O)c4cnn([C@H](C)c5ccccc5)c4)=CCC2=O)C3)CC1. The van der Waals surface area contributed by atoms with Crippen LogP contribution >= 0.6 is 0 Å². The van der Waals surface area contributed by atoms with Gasteiger partial charge in [-0.25, -0.2) is 0 Å². The summed E-state index contributed by atoms with van der Waals surface area (Å²) in [5, 5.41) is 7.41. The molecule has 0 bridgehead atoms. The highest BCUT2D eigenvalue weighted by atomic mass is 16.1. The number of Topliss-reactive ketones (excluding diaryl/α,β-unsaturated/α-hetero) is 1. The van der Waals surface area contributed by atoms with Gasteiger partial charge in [-0.05, 0) is 79.1 Å². The lowest BCUT2D eigenvalue weighted by atomic mass is 9.93. The second-order valence-electron chi connectivity index (χ2n) is 11.4. The number of aromatic nitrogens is 2. The van der Waals surface area contributed by atoms with E-state index < -0.39 is 0 Å². The van der Waals surface area contributed by atoms with Crippen LogP contribution in [0.1, 0.15) is 71.8 Å². The largest absolute Gasteiger partial charge is 0.322 e. The van der Waals surface area contributed by atoms with Crippen LogP contribution in [-0.4, -0.2) is 39.5 Å². The van der Waals surface area contributed by atoms with Crippen LogP contribution in [0.15, 0.2) is 89.9 Å². The zero-order chi connectivity index (χ0) is 27.6. The minimum absolute atomic E-state index is 0.0146. The van der Waals surface area contributed by atoms with Crippen LogP contribution in [0.3, 0.4) is 0 Å². The Balaban J connectivity index is 1.13. The quantitative estimate of drug-likeness (QED) is 0.413. The van der Waals surface area contributed by atoms with Crippen LogP contribution in [0.25, 0.3) is 6.08 Å². The maximum atomic E-state index is 13.1. The number of hydrogen-bond donors (Lipinski definition) is 1. The predicted molar refractivity (Wildman–Crippen MR) is 158 cm³/mol. The first-order valence-electron chi connectivity index (χ1n) is 14.3. The molecule has 0 radical (unpaired) electrons. The van der Waals surface area contributed by atoms with Crippen molar-refractivity contribution in [2.45, 2.75) is 52.1 Å². The summed E-state index contributed by atoms with van der Waals surface area (Å²) in [6, 6.07) is 16.8. The summed E-state index contributed by atoms with van der Waals surface area (Å²) < 4.78 is 1.80. The highest BCUT2D eigenvalue weighted by Gasteiger charge is 2.24. The number of carbonyl (C=O) groups is 2. The molecule has 2 heterocycles. The molecule has 0 unspecified atom stereocenters. The number of likely N-dealkylation sites (tertiary alicyclic amines) is 1. The Labute approximate surface area is 236 Å². The normalized spacial score (nSPS) is 18.6. The molecule has 204 valence electrons. The zero-order valence-electron chi connectivity index (χ0n) is 23.3. The van der Waals surface area contributed by atoms with Crippen LogP contribution in [-0.2, 0) is 17.8 Å². The summed E-state index contributed by atoms with van der Waals surface area (Å²) in [6.07, 6.45) is 12.7. The summed E-state index contributed by atoms with van der Waals surface area (Å²) in [5.74, 6) is 0.681. The molecule has 1 atom stereocenters. The summed E-state index contributed by atoms with van der Waals surface area (Å²) in [4.78, 5) is 28.5. The van der Waals surface area contributed by atoms with Crippen LogP contribution in [0.2, 0.25) is 0 Å². The first-order chi connectivity index (χ1) is 19.4. The molecule has 1 aromatic heterocycles. The van der Waals surface area contributed by atoms with Gasteiger partial charge in [0, 0.05) is 30.4 Å². The van der Waals surface area contributed by atoms with Crippen molar-refractivity contribution in [2.75, 3.05) is 13.1 Å². The van der Waals surface area contributed by atoms with E-state index in [1.807, 2.05) is 36.4 Å². The molecule has 2 aromatic carbocycles. The molecule has 40 heavy (non-hydrogen) atoms. The average Bonchev–Trinajstić information content (AvgIpc) is 3.63. The fourth-order valence-electron chi connectivity index (χ4n) is 5.85. The Hall–Kier alpha value is -4.03. The van der Waals surface area contributed by atoms with Crippen molar-refractivity contribution in [3.8, 4) is 0 Å². The molecule has 2 aliphatic carbocycles. The molecule has 1 fully saturated rings. The van der Waals surface area contributed by atoms with E-state index in [1.165, 1.54) is 29.5 Å². The smallest absolute Gasteiger partial charge is 0.258 e. The van der Waals surface area contributed by atoms with Crippen LogP contribution in [0.4, 0.5) is 0 Å². The standard InChI is InChI=1S/C34H36N4O2/c1-23-12-14-37(15-13-23)21-25-8-9-27-17-29(18-28(27)16-25)32-19-31(10-11-33(32)39)36-34(40)30-20-35-38(22-30)24(2)26-6-4-3-5-7-26/h3-10,16,18-20,22-24H,11-15,17,21H2,1-2H3,(H,36,40)/t24-/m1/s1. The van der Waals surface area contributed by atoms with E-state index in [-0.39, 0.29) is 24.2 Å². The Bertz CT molecular complexity index is 1520. The van der Waals surface area contributed by atoms with Crippen molar-refractivity contribution in [2.24, 2.45) is 5.92 Å². The van der Waals surface area contributed by atoms with Gasteiger partial charge in [-0.15, -0.1) is 0 Å². The number of hydrogen-bond acceptors (Lipinski definition) is 4. The Morgan fingerprint density at radius 3 is 2.70 bits per heavy atom. The second-order valence-corrected chi connectivity index (χ2v) is 11.4. The number of benzene rings is 2. The molecular formula is C34H36N4O2. The fourth-order valence-corrected chi connectivity index (χ4v) is 5.85. The van der Waals surface area contributed by atoms with E-state index in [1.54, 1.807) is 23.2 Å². The van der Waals surface area contributed by atoms with Gasteiger partial charge < -0.3 is 5.32 Å². The molecule has 1 amide bonds. The van der Waals surface area contributed by atoms with Crippen LogP contribution in [0.5, 0.6) is 0 Å². The minimum Gasteiger partial charge on any atom is -0.322 e. The van der Waals surface area contributed by atoms with Gasteiger partial charge >= 0.3 is 0 Å². The lowest BCUT2D eigenvalue weighted by Gasteiger charge is -2.30. The van der Waals surface area contributed by atoms with Gasteiger partial charge in [0.25, 0.3) is 5.91 Å². The molecule has 1 saturated heterocycles. The van der Waals surface area contributed by atoms with E-state index in [0.29, 0.717) is 16.8 Å². The zero-order valence-corrected chi connectivity index (χ0v) is 23.3. The van der Waals surface area contributed by atoms with E-state index in [2.05, 4.69) is 53.4 Å². The average molecular weight is 533 g/mol. The van der Waals surface area contributed by atoms with Gasteiger partial charge in [0.1, 0.15) is 0 Å². The summed E-state index contributed by atoms with van der Waals surface area (Å²) in [6.45, 7) is 7.69. The van der Waals surface area contributed by atoms with Crippen molar-refractivity contribution in [1.82, 2.24) is 20.0 Å². The number of fused-ring (bicyclic) bond motifs is 1. The molecular weight excluding hydrogens is 496 g/mol. The van der Waals surface area contributed by atoms with E-state index in [9.17, 15) is 9.59 Å². The number of ketones is 1. The van der Waals surface area contributed by atoms with E-state index >= 15 is 0 Å². The predicted octanol–water partition coefficient (Wildman–Crippen LogP) is 5.88. The minimum atomic E-state index is -0.233. The molecule has 0 saturated carbocycles. The van der Waals surface area contributed by atoms with Gasteiger partial charge in [-0.2, -0.15) is 5.10 Å². The molecule has 3 aromatic rings. The molecule has 1 N–H and O–H groups in total. The maximum Gasteiger partial charge on any atom is 0.258 e. The topological polar surface area (TPSA) is 67.2 Å². The van der Waals surface area contributed by atoms with Crippen molar-refractivity contribution >= 4 is 17.8 Å². The summed E-state index contributed by atoms with van der Waals surface area (Å²) >= 11 is 0. The number of amides is 1. The number of nitrogens with one attached hydrogen (secondary N) is 1. The van der Waals surface area contributed by atoms with Crippen LogP contribution < -0.4 is 5.32 Å². The number of nitrogens with zero attached hydrogens (tertiary/aromatic N) is 3. The molecule has 3 aliphatic rings. The van der Waals surface area contributed by atoms with Gasteiger partial charge in [-0.1, -0.05) is 67.6 Å². The molecule has 0 spiro atoms. The lowest BCUT2D eigenvalue weighted by Crippen LogP contribution is -2.32. The maximum absolute atomic E-state index is 13.1. The number of piperidine rings is 1. The third-order valence-corrected chi connectivity index (χ3v) is 8.46. The van der Waals surface area contributed by atoms with Gasteiger partial charge in [0.15, 0.2) is 5.78 Å². The van der Waals surface area contributed by atoms with Gasteiger partial charge in [0.05, 0.1) is 17.8 Å². The molecule has 6 nitrogen and oxygen atoms in total. The van der Waals surface area contributed by atoms with E-state index in [4.69, 9.17) is 0 Å². The first kappa shape index (κ1) is 26.2. The molecule has 6 heteroatoms. The number of carbonyl (C=O) groups excluding carboxylic acids is 2. The summed E-state index contributed by atoms with van der Waals surface area (Å²) in [5.41, 5.74) is 7.75.